The average molecular weight is 342 g/mol. The normalized spacial score (nSPS) is 10.8. The van der Waals surface area contributed by atoms with Crippen molar-refractivity contribution in [1.29, 1.82) is 0 Å². The third-order valence-electron chi connectivity index (χ3n) is 3.11. The number of hydrogen-bond donors (Lipinski definition) is 1. The Morgan fingerprint density at radius 2 is 2.15 bits per heavy atom. The third kappa shape index (κ3) is 3.19. The number of aryl methyl sites for hydroxylation is 2. The SMILES string of the molecule is COc1c(CNCc2cc(F)ccc2Br)c(C)nn1C. The van der Waals surface area contributed by atoms with Crippen molar-refractivity contribution in [3.8, 4) is 5.88 Å². The summed E-state index contributed by atoms with van der Waals surface area (Å²) in [5.41, 5.74) is 2.82. The van der Waals surface area contributed by atoms with E-state index in [0.29, 0.717) is 13.1 Å². The molecule has 2 aromatic rings. The summed E-state index contributed by atoms with van der Waals surface area (Å²) in [6.45, 7) is 3.12. The summed E-state index contributed by atoms with van der Waals surface area (Å²) >= 11 is 3.42. The molecular formula is C14H17BrFN3O. The molecule has 1 aromatic carbocycles. The van der Waals surface area contributed by atoms with Crippen LogP contribution in [-0.4, -0.2) is 16.9 Å². The number of ether oxygens (including phenoxy) is 1. The zero-order chi connectivity index (χ0) is 14.7. The Kier molecular flexibility index (Phi) is 4.77. The fourth-order valence-electron chi connectivity index (χ4n) is 2.14. The summed E-state index contributed by atoms with van der Waals surface area (Å²) in [7, 11) is 3.47. The molecule has 1 aromatic heterocycles. The lowest BCUT2D eigenvalue weighted by molar-refractivity contribution is 0.368. The van der Waals surface area contributed by atoms with Crippen LogP contribution in [0.15, 0.2) is 22.7 Å². The van der Waals surface area contributed by atoms with Crippen molar-refractivity contribution in [1.82, 2.24) is 15.1 Å². The van der Waals surface area contributed by atoms with Gasteiger partial charge in [-0.1, -0.05) is 15.9 Å². The van der Waals surface area contributed by atoms with Gasteiger partial charge in [0.05, 0.1) is 18.4 Å². The predicted octanol–water partition coefficient (Wildman–Crippen LogP) is 2.93. The van der Waals surface area contributed by atoms with Gasteiger partial charge in [0, 0.05) is 24.6 Å². The largest absolute Gasteiger partial charge is 0.481 e. The highest BCUT2D eigenvalue weighted by atomic mass is 79.9. The average Bonchev–Trinajstić information content (AvgIpc) is 2.68. The molecule has 4 nitrogen and oxygen atoms in total. The van der Waals surface area contributed by atoms with Gasteiger partial charge in [0.2, 0.25) is 5.88 Å². The van der Waals surface area contributed by atoms with Crippen LogP contribution in [-0.2, 0) is 20.1 Å². The highest BCUT2D eigenvalue weighted by Gasteiger charge is 2.13. The standard InChI is InChI=1S/C14H17BrFN3O/c1-9-12(14(20-3)19(2)18-9)8-17-7-10-6-11(16)4-5-13(10)15/h4-6,17H,7-8H2,1-3H3. The lowest BCUT2D eigenvalue weighted by atomic mass is 10.2. The number of rotatable bonds is 5. The van der Waals surface area contributed by atoms with Crippen LogP contribution in [0.3, 0.4) is 0 Å². The summed E-state index contributed by atoms with van der Waals surface area (Å²) in [6, 6.07) is 4.66. The minimum Gasteiger partial charge on any atom is -0.481 e. The Labute approximate surface area is 126 Å². The van der Waals surface area contributed by atoms with Gasteiger partial charge < -0.3 is 10.1 Å². The summed E-state index contributed by atoms with van der Waals surface area (Å²) in [5, 5.41) is 7.61. The number of benzene rings is 1. The van der Waals surface area contributed by atoms with E-state index in [4.69, 9.17) is 4.74 Å². The van der Waals surface area contributed by atoms with E-state index in [2.05, 4.69) is 26.3 Å². The molecule has 0 saturated carbocycles. The maximum atomic E-state index is 13.2. The van der Waals surface area contributed by atoms with E-state index in [1.54, 1.807) is 17.9 Å². The van der Waals surface area contributed by atoms with E-state index in [0.717, 1.165) is 27.2 Å². The van der Waals surface area contributed by atoms with E-state index in [1.807, 2.05) is 14.0 Å². The van der Waals surface area contributed by atoms with Gasteiger partial charge in [-0.15, -0.1) is 0 Å². The van der Waals surface area contributed by atoms with E-state index in [1.165, 1.54) is 12.1 Å². The van der Waals surface area contributed by atoms with E-state index < -0.39 is 0 Å². The van der Waals surface area contributed by atoms with Crippen LogP contribution in [0.2, 0.25) is 0 Å². The first kappa shape index (κ1) is 15.0. The quantitative estimate of drug-likeness (QED) is 0.908. The zero-order valence-electron chi connectivity index (χ0n) is 11.7. The molecule has 0 atom stereocenters. The Morgan fingerprint density at radius 3 is 2.85 bits per heavy atom. The first-order chi connectivity index (χ1) is 9.52. The van der Waals surface area contributed by atoms with Crippen LogP contribution in [0, 0.1) is 12.7 Å². The second kappa shape index (κ2) is 6.37. The monoisotopic (exact) mass is 341 g/mol. The van der Waals surface area contributed by atoms with Gasteiger partial charge in [-0.05, 0) is 30.7 Å². The van der Waals surface area contributed by atoms with Crippen LogP contribution >= 0.6 is 15.9 Å². The molecule has 1 N–H and O–H groups in total. The van der Waals surface area contributed by atoms with Gasteiger partial charge in [-0.25, -0.2) is 9.07 Å². The zero-order valence-corrected chi connectivity index (χ0v) is 13.3. The summed E-state index contributed by atoms with van der Waals surface area (Å²) in [6.07, 6.45) is 0. The Hall–Kier alpha value is -1.40. The molecule has 0 radical (unpaired) electrons. The first-order valence-electron chi connectivity index (χ1n) is 6.24. The third-order valence-corrected chi connectivity index (χ3v) is 3.88. The molecule has 20 heavy (non-hydrogen) atoms. The van der Waals surface area contributed by atoms with Gasteiger partial charge in [0.15, 0.2) is 0 Å². The fraction of sp³-hybridized carbons (Fsp3) is 0.357. The van der Waals surface area contributed by atoms with E-state index >= 15 is 0 Å². The molecule has 0 unspecified atom stereocenters. The smallest absolute Gasteiger partial charge is 0.216 e. The van der Waals surface area contributed by atoms with Crippen molar-refractivity contribution < 1.29 is 9.13 Å². The van der Waals surface area contributed by atoms with Crippen LogP contribution in [0.4, 0.5) is 4.39 Å². The Balaban J connectivity index is 2.05. The first-order valence-corrected chi connectivity index (χ1v) is 7.03. The number of aromatic nitrogens is 2. The molecule has 0 amide bonds. The Bertz CT molecular complexity index is 613. The molecule has 1 heterocycles. The lowest BCUT2D eigenvalue weighted by Gasteiger charge is -2.08. The van der Waals surface area contributed by atoms with Gasteiger partial charge in [-0.3, -0.25) is 0 Å². The molecule has 6 heteroatoms. The van der Waals surface area contributed by atoms with Crippen LogP contribution < -0.4 is 10.1 Å². The second-order valence-electron chi connectivity index (χ2n) is 4.54. The highest BCUT2D eigenvalue weighted by Crippen LogP contribution is 2.21. The van der Waals surface area contributed by atoms with Crippen molar-refractivity contribution >= 4 is 15.9 Å². The molecule has 0 aliphatic carbocycles. The highest BCUT2D eigenvalue weighted by molar-refractivity contribution is 9.10. The van der Waals surface area contributed by atoms with E-state index in [-0.39, 0.29) is 5.82 Å². The van der Waals surface area contributed by atoms with Crippen molar-refractivity contribution in [2.45, 2.75) is 20.0 Å². The van der Waals surface area contributed by atoms with Gasteiger partial charge in [0.25, 0.3) is 0 Å². The van der Waals surface area contributed by atoms with Crippen molar-refractivity contribution in [2.75, 3.05) is 7.11 Å². The number of nitrogens with zero attached hydrogens (tertiary/aromatic N) is 2. The minimum atomic E-state index is -0.236. The molecule has 0 fully saturated rings. The number of nitrogens with one attached hydrogen (secondary N) is 1. The molecule has 0 bridgehead atoms. The van der Waals surface area contributed by atoms with Gasteiger partial charge >= 0.3 is 0 Å². The van der Waals surface area contributed by atoms with Crippen LogP contribution in [0.25, 0.3) is 0 Å². The van der Waals surface area contributed by atoms with Crippen LogP contribution in [0.5, 0.6) is 5.88 Å². The number of halogens is 2. The van der Waals surface area contributed by atoms with Gasteiger partial charge in [0.1, 0.15) is 5.82 Å². The van der Waals surface area contributed by atoms with E-state index in [9.17, 15) is 4.39 Å². The Morgan fingerprint density at radius 1 is 1.40 bits per heavy atom. The molecule has 2 rings (SSSR count). The van der Waals surface area contributed by atoms with Crippen LogP contribution in [0.1, 0.15) is 16.8 Å². The molecule has 0 spiro atoms. The summed E-state index contributed by atoms with van der Waals surface area (Å²) in [4.78, 5) is 0. The van der Waals surface area contributed by atoms with Crippen molar-refractivity contribution in [3.63, 3.8) is 0 Å². The molecule has 0 aliphatic heterocycles. The molecule has 108 valence electrons. The summed E-state index contributed by atoms with van der Waals surface area (Å²) in [5.74, 6) is 0.508. The van der Waals surface area contributed by atoms with Gasteiger partial charge in [-0.2, -0.15) is 5.10 Å². The maximum Gasteiger partial charge on any atom is 0.216 e. The topological polar surface area (TPSA) is 39.1 Å². The predicted molar refractivity (Wildman–Crippen MR) is 79.1 cm³/mol. The molecular weight excluding hydrogens is 325 g/mol. The fourth-order valence-corrected chi connectivity index (χ4v) is 2.53. The number of methoxy groups -OCH3 is 1. The lowest BCUT2D eigenvalue weighted by Crippen LogP contribution is -2.14. The summed E-state index contributed by atoms with van der Waals surface area (Å²) < 4.78 is 21.1. The molecule has 0 aliphatic rings. The van der Waals surface area contributed by atoms with Crippen molar-refractivity contribution in [3.05, 3.63) is 45.3 Å². The number of hydrogen-bond acceptors (Lipinski definition) is 3. The minimum absolute atomic E-state index is 0.236. The second-order valence-corrected chi connectivity index (χ2v) is 5.39. The molecule has 0 saturated heterocycles. The van der Waals surface area contributed by atoms with Crippen molar-refractivity contribution in [2.24, 2.45) is 7.05 Å². The maximum absolute atomic E-state index is 13.2.